The second kappa shape index (κ2) is 7.55. The van der Waals surface area contributed by atoms with E-state index in [1.807, 2.05) is 18.7 Å². The van der Waals surface area contributed by atoms with Gasteiger partial charge < -0.3 is 15.1 Å². The highest BCUT2D eigenvalue weighted by Crippen LogP contribution is 2.32. The van der Waals surface area contributed by atoms with E-state index in [4.69, 9.17) is 0 Å². The Bertz CT molecular complexity index is 569. The summed E-state index contributed by atoms with van der Waals surface area (Å²) in [5.41, 5.74) is -0.730. The summed E-state index contributed by atoms with van der Waals surface area (Å²) >= 11 is 0. The normalized spacial score (nSPS) is 26.7. The fourth-order valence-corrected chi connectivity index (χ4v) is 4.52. The third-order valence-corrected chi connectivity index (χ3v) is 6.01. The van der Waals surface area contributed by atoms with Crippen LogP contribution in [0.3, 0.4) is 0 Å². The largest absolute Gasteiger partial charge is 0.340 e. The van der Waals surface area contributed by atoms with Gasteiger partial charge in [-0.15, -0.1) is 0 Å². The topological polar surface area (TPSA) is 73.0 Å². The highest BCUT2D eigenvalue weighted by atomic mass is 16.2. The fourth-order valence-electron chi connectivity index (χ4n) is 4.52. The predicted octanol–water partition coefficient (Wildman–Crippen LogP) is 1.43. The lowest BCUT2D eigenvalue weighted by Gasteiger charge is -2.39. The van der Waals surface area contributed by atoms with Gasteiger partial charge in [-0.05, 0) is 38.6 Å². The van der Waals surface area contributed by atoms with Crippen molar-refractivity contribution in [1.29, 1.82) is 0 Å². The molecule has 1 N–H and O–H groups in total. The van der Waals surface area contributed by atoms with Crippen molar-refractivity contribution in [3.05, 3.63) is 0 Å². The number of hydrogen-bond acceptors (Lipinski definition) is 4. The molecule has 7 heteroatoms. The van der Waals surface area contributed by atoms with Crippen LogP contribution in [0.5, 0.6) is 0 Å². The van der Waals surface area contributed by atoms with E-state index in [2.05, 4.69) is 17.1 Å². The predicted molar refractivity (Wildman–Crippen MR) is 98.5 cm³/mol. The van der Waals surface area contributed by atoms with Crippen molar-refractivity contribution in [2.45, 2.75) is 64.5 Å². The second-order valence-corrected chi connectivity index (χ2v) is 8.26. The van der Waals surface area contributed by atoms with E-state index in [1.54, 1.807) is 0 Å². The molecule has 146 valence electrons. The van der Waals surface area contributed by atoms with Crippen molar-refractivity contribution in [2.24, 2.45) is 5.92 Å². The lowest BCUT2D eigenvalue weighted by molar-refractivity contribution is -0.140. The molecule has 0 bridgehead atoms. The molecule has 0 radical (unpaired) electrons. The maximum Gasteiger partial charge on any atom is 0.325 e. The van der Waals surface area contributed by atoms with Crippen molar-refractivity contribution < 1.29 is 14.4 Å². The maximum atomic E-state index is 13.2. The van der Waals surface area contributed by atoms with Crippen LogP contribution in [-0.2, 0) is 9.59 Å². The zero-order valence-electron chi connectivity index (χ0n) is 16.3. The SMILES string of the molecule is CCCN1CCC2(CC1)NC(=O)N([C@H]1CCCN(C(=O)C(C)C)C1)C2=O. The van der Waals surface area contributed by atoms with Crippen LogP contribution >= 0.6 is 0 Å². The van der Waals surface area contributed by atoms with Crippen LogP contribution in [0.15, 0.2) is 0 Å². The first-order chi connectivity index (χ1) is 12.4. The Kier molecular flexibility index (Phi) is 5.55. The monoisotopic (exact) mass is 364 g/mol. The zero-order valence-corrected chi connectivity index (χ0v) is 16.3. The summed E-state index contributed by atoms with van der Waals surface area (Å²) in [6.07, 6.45) is 4.06. The number of urea groups is 1. The van der Waals surface area contributed by atoms with E-state index < -0.39 is 5.54 Å². The average Bonchev–Trinajstić information content (AvgIpc) is 2.86. The molecule has 1 atom stereocenters. The number of carbonyl (C=O) groups excluding carboxylic acids is 3. The Balaban J connectivity index is 1.68. The van der Waals surface area contributed by atoms with E-state index >= 15 is 0 Å². The van der Waals surface area contributed by atoms with E-state index in [-0.39, 0.29) is 29.8 Å². The van der Waals surface area contributed by atoms with Crippen LogP contribution in [0, 0.1) is 5.92 Å². The molecule has 3 fully saturated rings. The molecular weight excluding hydrogens is 332 g/mol. The van der Waals surface area contributed by atoms with Gasteiger partial charge in [0, 0.05) is 32.1 Å². The molecule has 0 aromatic carbocycles. The maximum absolute atomic E-state index is 13.2. The molecule has 0 aromatic rings. The first-order valence-electron chi connectivity index (χ1n) is 10.0. The van der Waals surface area contributed by atoms with Gasteiger partial charge >= 0.3 is 6.03 Å². The van der Waals surface area contributed by atoms with Gasteiger partial charge in [0.2, 0.25) is 5.91 Å². The summed E-state index contributed by atoms with van der Waals surface area (Å²) in [7, 11) is 0. The van der Waals surface area contributed by atoms with Gasteiger partial charge in [0.05, 0.1) is 6.04 Å². The van der Waals surface area contributed by atoms with Crippen LogP contribution in [0.25, 0.3) is 0 Å². The van der Waals surface area contributed by atoms with Crippen LogP contribution in [-0.4, -0.2) is 76.8 Å². The second-order valence-electron chi connectivity index (χ2n) is 8.26. The number of rotatable bonds is 4. The fraction of sp³-hybridized carbons (Fsp3) is 0.842. The Hall–Kier alpha value is -1.63. The van der Waals surface area contributed by atoms with Crippen molar-refractivity contribution in [3.8, 4) is 0 Å². The Labute approximate surface area is 156 Å². The molecule has 0 aliphatic carbocycles. The van der Waals surface area contributed by atoms with E-state index in [0.29, 0.717) is 25.9 Å². The molecule has 3 rings (SSSR count). The minimum atomic E-state index is -0.730. The molecule has 0 saturated carbocycles. The van der Waals surface area contributed by atoms with Crippen LogP contribution in [0.2, 0.25) is 0 Å². The first kappa shape index (κ1) is 19.1. The number of nitrogens with zero attached hydrogens (tertiary/aromatic N) is 3. The summed E-state index contributed by atoms with van der Waals surface area (Å²) in [6, 6.07) is -0.477. The van der Waals surface area contributed by atoms with Crippen LogP contribution in [0.4, 0.5) is 4.79 Å². The molecular formula is C19H32N4O3. The number of amides is 4. The average molecular weight is 364 g/mol. The molecule has 0 unspecified atom stereocenters. The number of nitrogens with one attached hydrogen (secondary N) is 1. The van der Waals surface area contributed by atoms with Crippen LogP contribution < -0.4 is 5.32 Å². The minimum Gasteiger partial charge on any atom is -0.340 e. The quantitative estimate of drug-likeness (QED) is 0.766. The molecule has 4 amide bonds. The van der Waals surface area contributed by atoms with Crippen molar-refractivity contribution in [1.82, 2.24) is 20.0 Å². The van der Waals surface area contributed by atoms with Crippen molar-refractivity contribution in [3.63, 3.8) is 0 Å². The number of hydrogen-bond donors (Lipinski definition) is 1. The molecule has 3 heterocycles. The van der Waals surface area contributed by atoms with E-state index in [0.717, 1.165) is 38.9 Å². The van der Waals surface area contributed by atoms with Gasteiger partial charge in [-0.25, -0.2) is 4.79 Å². The van der Waals surface area contributed by atoms with Gasteiger partial charge in [-0.1, -0.05) is 20.8 Å². The van der Waals surface area contributed by atoms with E-state index in [1.165, 1.54) is 4.90 Å². The highest BCUT2D eigenvalue weighted by Gasteiger charge is 2.54. The summed E-state index contributed by atoms with van der Waals surface area (Å²) in [4.78, 5) is 43.8. The highest BCUT2D eigenvalue weighted by molar-refractivity contribution is 6.07. The zero-order chi connectivity index (χ0) is 18.9. The third kappa shape index (κ3) is 3.46. The number of imide groups is 1. The third-order valence-electron chi connectivity index (χ3n) is 6.01. The molecule has 3 aliphatic heterocycles. The molecule has 7 nitrogen and oxygen atoms in total. The van der Waals surface area contributed by atoms with E-state index in [9.17, 15) is 14.4 Å². The van der Waals surface area contributed by atoms with Gasteiger partial charge in [0.15, 0.2) is 0 Å². The number of piperidine rings is 2. The van der Waals surface area contributed by atoms with Crippen molar-refractivity contribution in [2.75, 3.05) is 32.7 Å². The molecule has 3 saturated heterocycles. The standard InChI is InChI=1S/C19H32N4O3/c1-4-9-21-11-7-19(8-12-21)17(25)23(18(26)20-19)15-6-5-10-22(13-15)16(24)14(2)3/h14-15H,4-13H2,1-3H3,(H,20,26)/t15-/m0/s1. The van der Waals surface area contributed by atoms with Gasteiger partial charge in [0.25, 0.3) is 5.91 Å². The van der Waals surface area contributed by atoms with Crippen molar-refractivity contribution >= 4 is 17.8 Å². The Morgan fingerprint density at radius 1 is 1.23 bits per heavy atom. The molecule has 3 aliphatic rings. The summed E-state index contributed by atoms with van der Waals surface area (Å²) in [6.45, 7) is 9.84. The minimum absolute atomic E-state index is 0.0638. The molecule has 0 aromatic heterocycles. The van der Waals surface area contributed by atoms with Gasteiger partial charge in [-0.3, -0.25) is 14.5 Å². The number of likely N-dealkylation sites (tertiary alicyclic amines) is 2. The summed E-state index contributed by atoms with van der Waals surface area (Å²) < 4.78 is 0. The summed E-state index contributed by atoms with van der Waals surface area (Å²) in [5, 5.41) is 3.00. The molecule has 1 spiro atoms. The van der Waals surface area contributed by atoms with Gasteiger partial charge in [0.1, 0.15) is 5.54 Å². The van der Waals surface area contributed by atoms with Gasteiger partial charge in [-0.2, -0.15) is 0 Å². The summed E-state index contributed by atoms with van der Waals surface area (Å²) in [5.74, 6) is -0.0436. The lowest BCUT2D eigenvalue weighted by atomic mass is 9.87. The smallest absolute Gasteiger partial charge is 0.325 e. The lowest BCUT2D eigenvalue weighted by Crippen LogP contribution is -2.56. The first-order valence-corrected chi connectivity index (χ1v) is 10.0. The number of carbonyl (C=O) groups is 3. The van der Waals surface area contributed by atoms with Crippen LogP contribution in [0.1, 0.15) is 52.9 Å². The Morgan fingerprint density at radius 2 is 1.92 bits per heavy atom. The molecule has 26 heavy (non-hydrogen) atoms. The Morgan fingerprint density at radius 3 is 2.54 bits per heavy atom.